The molecule has 5 atom stereocenters. The summed E-state index contributed by atoms with van der Waals surface area (Å²) in [4.78, 5) is 25.0. The average molecular weight is 368 g/mol. The van der Waals surface area contributed by atoms with Gasteiger partial charge in [-0.3, -0.25) is 0 Å². The van der Waals surface area contributed by atoms with E-state index in [1.165, 1.54) is 0 Å². The fraction of sp³-hybridized carbons (Fsp3) is 0.364. The van der Waals surface area contributed by atoms with Gasteiger partial charge in [0.25, 0.3) is 0 Å². The van der Waals surface area contributed by atoms with Crippen molar-refractivity contribution in [1.82, 2.24) is 0 Å². The van der Waals surface area contributed by atoms with Crippen LogP contribution < -0.4 is 0 Å². The Balaban J connectivity index is 1.54. The molecule has 5 unspecified atom stereocenters. The maximum absolute atomic E-state index is 14.5. The summed E-state index contributed by atoms with van der Waals surface area (Å²) in [5, 5.41) is 0. The summed E-state index contributed by atoms with van der Waals surface area (Å²) in [5.74, 6) is -1.55. The first-order valence-electron chi connectivity index (χ1n) is 9.29. The SMILES string of the molecule is O=C(OC1C2CCC(C(F)C2)C1OC(=O)c1ccccc1)c1ccccc1. The van der Waals surface area contributed by atoms with E-state index in [4.69, 9.17) is 9.47 Å². The highest BCUT2D eigenvalue weighted by molar-refractivity contribution is 5.90. The monoisotopic (exact) mass is 368 g/mol. The second-order valence-corrected chi connectivity index (χ2v) is 7.22. The Morgan fingerprint density at radius 3 is 1.81 bits per heavy atom. The lowest BCUT2D eigenvalue weighted by Crippen LogP contribution is -2.56. The molecule has 3 fully saturated rings. The lowest BCUT2D eigenvalue weighted by atomic mass is 9.66. The van der Waals surface area contributed by atoms with Crippen LogP contribution in [0.2, 0.25) is 0 Å². The maximum atomic E-state index is 14.5. The van der Waals surface area contributed by atoms with Gasteiger partial charge in [-0.1, -0.05) is 36.4 Å². The van der Waals surface area contributed by atoms with Gasteiger partial charge in [0.15, 0.2) is 0 Å². The molecule has 5 heteroatoms. The Kier molecular flexibility index (Phi) is 4.92. The predicted molar refractivity (Wildman–Crippen MR) is 97.0 cm³/mol. The standard InChI is InChI=1S/C22H21FO4/c23-18-13-16-11-12-17(18)20(27-22(25)15-9-5-2-6-10-15)19(16)26-21(24)14-7-3-1-4-8-14/h1-10,16-20H,11-13H2. The van der Waals surface area contributed by atoms with Gasteiger partial charge in [-0.25, -0.2) is 14.0 Å². The third kappa shape index (κ3) is 3.59. The van der Waals surface area contributed by atoms with Gasteiger partial charge in [-0.15, -0.1) is 0 Å². The molecule has 0 spiro atoms. The molecule has 0 saturated heterocycles. The highest BCUT2D eigenvalue weighted by atomic mass is 19.1. The largest absolute Gasteiger partial charge is 0.455 e. The number of alkyl halides is 1. The minimum absolute atomic E-state index is 0.133. The molecule has 4 nitrogen and oxygen atoms in total. The number of ether oxygens (including phenoxy) is 2. The first kappa shape index (κ1) is 17.7. The van der Waals surface area contributed by atoms with Crippen molar-refractivity contribution in [2.24, 2.45) is 11.8 Å². The van der Waals surface area contributed by atoms with Crippen molar-refractivity contribution < 1.29 is 23.5 Å². The molecular formula is C22H21FO4. The Hall–Kier alpha value is -2.69. The van der Waals surface area contributed by atoms with E-state index >= 15 is 0 Å². The highest BCUT2D eigenvalue weighted by Gasteiger charge is 2.53. The number of rotatable bonds is 4. The van der Waals surface area contributed by atoms with Crippen molar-refractivity contribution in [2.75, 3.05) is 0 Å². The topological polar surface area (TPSA) is 52.6 Å². The number of benzene rings is 2. The molecule has 0 N–H and O–H groups in total. The summed E-state index contributed by atoms with van der Waals surface area (Å²) in [6.45, 7) is 0. The van der Waals surface area contributed by atoms with Crippen LogP contribution in [0.5, 0.6) is 0 Å². The van der Waals surface area contributed by atoms with Crippen molar-refractivity contribution >= 4 is 11.9 Å². The summed E-state index contributed by atoms with van der Waals surface area (Å²) in [6.07, 6.45) is -0.653. The minimum Gasteiger partial charge on any atom is -0.455 e. The Morgan fingerprint density at radius 1 is 0.778 bits per heavy atom. The van der Waals surface area contributed by atoms with Crippen LogP contribution in [0.3, 0.4) is 0 Å². The van der Waals surface area contributed by atoms with Crippen LogP contribution in [0.15, 0.2) is 60.7 Å². The molecule has 3 saturated carbocycles. The fourth-order valence-corrected chi connectivity index (χ4v) is 4.20. The molecule has 140 valence electrons. The van der Waals surface area contributed by atoms with E-state index in [2.05, 4.69) is 0 Å². The number of esters is 2. The Bertz CT molecular complexity index is 808. The number of carbonyl (C=O) groups excluding carboxylic acids is 2. The van der Waals surface area contributed by atoms with Gasteiger partial charge in [0.2, 0.25) is 0 Å². The van der Waals surface area contributed by atoms with Crippen LogP contribution >= 0.6 is 0 Å². The molecule has 0 heterocycles. The third-order valence-electron chi connectivity index (χ3n) is 5.58. The lowest BCUT2D eigenvalue weighted by molar-refractivity contribution is -0.145. The zero-order chi connectivity index (χ0) is 18.8. The number of hydrogen-bond acceptors (Lipinski definition) is 4. The van der Waals surface area contributed by atoms with Crippen molar-refractivity contribution in [1.29, 1.82) is 0 Å². The molecule has 0 aromatic heterocycles. The van der Waals surface area contributed by atoms with E-state index in [1.807, 2.05) is 6.07 Å². The van der Waals surface area contributed by atoms with Crippen LogP contribution in [-0.2, 0) is 9.47 Å². The van der Waals surface area contributed by atoms with Gasteiger partial charge >= 0.3 is 11.9 Å². The highest BCUT2D eigenvalue weighted by Crippen LogP contribution is 2.46. The van der Waals surface area contributed by atoms with Crippen LogP contribution in [0.25, 0.3) is 0 Å². The summed E-state index contributed by atoms with van der Waals surface area (Å²) in [6, 6.07) is 17.3. The molecular weight excluding hydrogens is 347 g/mol. The van der Waals surface area contributed by atoms with Crippen LogP contribution in [0, 0.1) is 11.8 Å². The van der Waals surface area contributed by atoms with Crippen molar-refractivity contribution in [3.63, 3.8) is 0 Å². The fourth-order valence-electron chi connectivity index (χ4n) is 4.20. The average Bonchev–Trinajstić information content (AvgIpc) is 2.71. The molecule has 3 aliphatic carbocycles. The van der Waals surface area contributed by atoms with Crippen LogP contribution in [-0.4, -0.2) is 30.3 Å². The molecule has 0 aliphatic heterocycles. The summed E-state index contributed by atoms with van der Waals surface area (Å²) in [7, 11) is 0. The molecule has 0 radical (unpaired) electrons. The number of hydrogen-bond donors (Lipinski definition) is 0. The van der Waals surface area contributed by atoms with Gasteiger partial charge in [-0.2, -0.15) is 0 Å². The van der Waals surface area contributed by atoms with Crippen molar-refractivity contribution in [2.45, 2.75) is 37.6 Å². The first-order valence-corrected chi connectivity index (χ1v) is 9.29. The Morgan fingerprint density at radius 2 is 1.30 bits per heavy atom. The molecule has 2 bridgehead atoms. The van der Waals surface area contributed by atoms with Crippen LogP contribution in [0.1, 0.15) is 40.0 Å². The number of carbonyl (C=O) groups is 2. The summed E-state index contributed by atoms with van der Waals surface area (Å²) in [5.41, 5.74) is 0.839. The van der Waals surface area contributed by atoms with E-state index in [0.29, 0.717) is 24.0 Å². The van der Waals surface area contributed by atoms with E-state index in [9.17, 15) is 14.0 Å². The molecule has 5 rings (SSSR count). The van der Waals surface area contributed by atoms with Gasteiger partial charge in [-0.05, 0) is 43.5 Å². The third-order valence-corrected chi connectivity index (χ3v) is 5.58. The predicted octanol–water partition coefficient (Wildman–Crippen LogP) is 4.21. The van der Waals surface area contributed by atoms with Gasteiger partial charge in [0, 0.05) is 11.8 Å². The maximum Gasteiger partial charge on any atom is 0.338 e. The zero-order valence-corrected chi connectivity index (χ0v) is 14.8. The van der Waals surface area contributed by atoms with E-state index in [1.54, 1.807) is 54.6 Å². The molecule has 2 aromatic rings. The molecule has 27 heavy (non-hydrogen) atoms. The summed E-state index contributed by atoms with van der Waals surface area (Å²) < 4.78 is 25.9. The van der Waals surface area contributed by atoms with Gasteiger partial charge in [0.1, 0.15) is 18.4 Å². The normalized spacial score (nSPS) is 29.1. The van der Waals surface area contributed by atoms with E-state index in [0.717, 1.165) is 6.42 Å². The zero-order valence-electron chi connectivity index (χ0n) is 14.8. The Labute approximate surface area is 157 Å². The minimum atomic E-state index is -1.04. The smallest absolute Gasteiger partial charge is 0.338 e. The molecule has 2 aromatic carbocycles. The van der Waals surface area contributed by atoms with Gasteiger partial charge in [0.05, 0.1) is 11.1 Å². The van der Waals surface area contributed by atoms with E-state index in [-0.39, 0.29) is 5.92 Å². The summed E-state index contributed by atoms with van der Waals surface area (Å²) >= 11 is 0. The number of fused-ring (bicyclic) bond motifs is 3. The molecule has 3 aliphatic rings. The van der Waals surface area contributed by atoms with Crippen molar-refractivity contribution in [3.8, 4) is 0 Å². The second kappa shape index (κ2) is 7.51. The van der Waals surface area contributed by atoms with Crippen LogP contribution in [0.4, 0.5) is 4.39 Å². The lowest BCUT2D eigenvalue weighted by Gasteiger charge is -2.48. The molecule has 0 amide bonds. The van der Waals surface area contributed by atoms with E-state index < -0.39 is 36.2 Å². The van der Waals surface area contributed by atoms with Crippen molar-refractivity contribution in [3.05, 3.63) is 71.8 Å². The second-order valence-electron chi connectivity index (χ2n) is 7.22. The number of halogens is 1. The first-order chi connectivity index (χ1) is 13.1. The van der Waals surface area contributed by atoms with Gasteiger partial charge < -0.3 is 9.47 Å². The quantitative estimate of drug-likeness (QED) is 0.759.